The molecule has 2 heterocycles. The minimum Gasteiger partial charge on any atom is -0.304 e. The summed E-state index contributed by atoms with van der Waals surface area (Å²) >= 11 is 1.75. The van der Waals surface area contributed by atoms with Crippen LogP contribution in [-0.2, 0) is 6.54 Å². The first-order chi connectivity index (χ1) is 9.24. The van der Waals surface area contributed by atoms with Gasteiger partial charge in [0.05, 0.1) is 22.5 Å². The molecule has 5 heteroatoms. The molecule has 3 rings (SSSR count). The van der Waals surface area contributed by atoms with Gasteiger partial charge in [0, 0.05) is 17.8 Å². The van der Waals surface area contributed by atoms with Gasteiger partial charge < -0.3 is 5.32 Å². The molecular weight excluding hydrogens is 256 g/mol. The van der Waals surface area contributed by atoms with Crippen molar-refractivity contribution < 1.29 is 0 Å². The van der Waals surface area contributed by atoms with E-state index in [0.29, 0.717) is 0 Å². The third-order valence-corrected chi connectivity index (χ3v) is 4.43. The van der Waals surface area contributed by atoms with Gasteiger partial charge in [0.25, 0.3) is 0 Å². The van der Waals surface area contributed by atoms with Crippen LogP contribution < -0.4 is 5.32 Å². The third-order valence-electron chi connectivity index (χ3n) is 3.21. The van der Waals surface area contributed by atoms with E-state index in [-0.39, 0.29) is 6.04 Å². The van der Waals surface area contributed by atoms with Crippen LogP contribution in [0.4, 0.5) is 0 Å². The summed E-state index contributed by atoms with van der Waals surface area (Å²) in [4.78, 5) is 4.67. The number of aryl methyl sites for hydroxylation is 1. The second kappa shape index (κ2) is 5.11. The van der Waals surface area contributed by atoms with E-state index in [2.05, 4.69) is 45.6 Å². The highest BCUT2D eigenvalue weighted by Gasteiger charge is 2.11. The van der Waals surface area contributed by atoms with Crippen LogP contribution in [0.2, 0.25) is 0 Å². The van der Waals surface area contributed by atoms with Gasteiger partial charge in [0.2, 0.25) is 0 Å². The average Bonchev–Trinajstić information content (AvgIpc) is 3.01. The maximum absolute atomic E-state index is 4.67. The topological polar surface area (TPSA) is 53.6 Å². The van der Waals surface area contributed by atoms with Crippen molar-refractivity contribution in [1.29, 1.82) is 0 Å². The fourth-order valence-electron chi connectivity index (χ4n) is 1.98. The minimum atomic E-state index is 0.242. The molecule has 0 bridgehead atoms. The molecule has 1 unspecified atom stereocenters. The summed E-state index contributed by atoms with van der Waals surface area (Å²) in [5.74, 6) is 0. The number of aromatic amines is 1. The molecule has 4 nitrogen and oxygen atoms in total. The summed E-state index contributed by atoms with van der Waals surface area (Å²) in [6.45, 7) is 4.99. The normalized spacial score (nSPS) is 12.9. The van der Waals surface area contributed by atoms with Gasteiger partial charge in [0.15, 0.2) is 0 Å². The molecule has 0 spiro atoms. The summed E-state index contributed by atoms with van der Waals surface area (Å²) in [5, 5.41) is 11.6. The Bertz CT molecular complexity index is 652. The van der Waals surface area contributed by atoms with Crippen molar-refractivity contribution in [3.05, 3.63) is 46.7 Å². The first kappa shape index (κ1) is 12.3. The molecule has 0 saturated carbocycles. The lowest BCUT2D eigenvalue weighted by Gasteiger charge is -2.10. The standard InChI is InChI=1S/C14H16N4S/c1-9-11(8-16-18-9)7-15-10(2)14-17-12-5-3-4-6-13(12)19-14/h3-6,8,10,15H,7H2,1-2H3,(H,16,18). The van der Waals surface area contributed by atoms with Crippen molar-refractivity contribution >= 4 is 21.6 Å². The maximum Gasteiger partial charge on any atom is 0.111 e. The lowest BCUT2D eigenvalue weighted by Crippen LogP contribution is -2.18. The zero-order valence-corrected chi connectivity index (χ0v) is 11.8. The molecule has 3 aromatic rings. The van der Waals surface area contributed by atoms with Gasteiger partial charge in [0.1, 0.15) is 5.01 Å². The number of nitrogens with one attached hydrogen (secondary N) is 2. The van der Waals surface area contributed by atoms with E-state index < -0.39 is 0 Å². The molecule has 0 amide bonds. The van der Waals surface area contributed by atoms with Gasteiger partial charge in [-0.15, -0.1) is 11.3 Å². The Morgan fingerprint density at radius 1 is 1.37 bits per heavy atom. The second-order valence-electron chi connectivity index (χ2n) is 4.64. The monoisotopic (exact) mass is 272 g/mol. The van der Waals surface area contributed by atoms with E-state index in [1.807, 2.05) is 19.2 Å². The zero-order valence-electron chi connectivity index (χ0n) is 11.0. The summed E-state index contributed by atoms with van der Waals surface area (Å²) in [6, 6.07) is 8.49. The van der Waals surface area contributed by atoms with Gasteiger partial charge in [-0.2, -0.15) is 5.10 Å². The van der Waals surface area contributed by atoms with E-state index in [0.717, 1.165) is 22.8 Å². The molecule has 2 N–H and O–H groups in total. The van der Waals surface area contributed by atoms with Crippen LogP contribution in [0.15, 0.2) is 30.5 Å². The summed E-state index contributed by atoms with van der Waals surface area (Å²) in [5.41, 5.74) is 3.40. The second-order valence-corrected chi connectivity index (χ2v) is 5.70. The Labute approximate surface area is 115 Å². The first-order valence-corrected chi connectivity index (χ1v) is 7.13. The molecule has 0 aliphatic rings. The van der Waals surface area contributed by atoms with Crippen molar-refractivity contribution in [3.8, 4) is 0 Å². The number of nitrogens with zero attached hydrogens (tertiary/aromatic N) is 2. The van der Waals surface area contributed by atoms with Crippen LogP contribution in [0.25, 0.3) is 10.2 Å². The highest BCUT2D eigenvalue weighted by atomic mass is 32.1. The lowest BCUT2D eigenvalue weighted by atomic mass is 10.2. The fourth-order valence-corrected chi connectivity index (χ4v) is 2.97. The largest absolute Gasteiger partial charge is 0.304 e. The van der Waals surface area contributed by atoms with Crippen LogP contribution in [-0.4, -0.2) is 15.2 Å². The third kappa shape index (κ3) is 2.52. The molecule has 2 aromatic heterocycles. The van der Waals surface area contributed by atoms with Crippen molar-refractivity contribution in [3.63, 3.8) is 0 Å². The van der Waals surface area contributed by atoms with E-state index in [9.17, 15) is 0 Å². The van der Waals surface area contributed by atoms with Crippen LogP contribution in [0.5, 0.6) is 0 Å². The minimum absolute atomic E-state index is 0.242. The van der Waals surface area contributed by atoms with Gasteiger partial charge in [-0.3, -0.25) is 5.10 Å². The number of thiazole rings is 1. The Kier molecular flexibility index (Phi) is 3.31. The van der Waals surface area contributed by atoms with E-state index in [1.165, 1.54) is 10.3 Å². The summed E-state index contributed by atoms with van der Waals surface area (Å²) in [6.07, 6.45) is 1.87. The van der Waals surface area contributed by atoms with Crippen molar-refractivity contribution in [2.45, 2.75) is 26.4 Å². The number of H-pyrrole nitrogens is 1. The summed E-state index contributed by atoms with van der Waals surface area (Å²) in [7, 11) is 0. The van der Waals surface area contributed by atoms with Crippen LogP contribution in [0, 0.1) is 6.92 Å². The Hall–Kier alpha value is -1.72. The maximum atomic E-state index is 4.67. The number of aromatic nitrogens is 3. The van der Waals surface area contributed by atoms with Gasteiger partial charge >= 0.3 is 0 Å². The smallest absolute Gasteiger partial charge is 0.111 e. The predicted octanol–water partition coefficient (Wildman–Crippen LogP) is 3.18. The van der Waals surface area contributed by atoms with E-state index in [4.69, 9.17) is 0 Å². The molecule has 1 aromatic carbocycles. The quantitative estimate of drug-likeness (QED) is 0.767. The Balaban J connectivity index is 1.73. The van der Waals surface area contributed by atoms with Crippen molar-refractivity contribution in [1.82, 2.24) is 20.5 Å². The molecular formula is C14H16N4S. The molecule has 1 atom stereocenters. The van der Waals surface area contributed by atoms with Crippen molar-refractivity contribution in [2.75, 3.05) is 0 Å². The van der Waals surface area contributed by atoms with Crippen molar-refractivity contribution in [2.24, 2.45) is 0 Å². The Morgan fingerprint density at radius 2 is 2.21 bits per heavy atom. The molecule has 98 valence electrons. The van der Waals surface area contributed by atoms with Gasteiger partial charge in [-0.25, -0.2) is 4.98 Å². The van der Waals surface area contributed by atoms with Crippen LogP contribution in [0.1, 0.15) is 29.2 Å². The molecule has 19 heavy (non-hydrogen) atoms. The number of hydrogen-bond acceptors (Lipinski definition) is 4. The van der Waals surface area contributed by atoms with E-state index in [1.54, 1.807) is 11.3 Å². The van der Waals surface area contributed by atoms with Crippen LogP contribution in [0.3, 0.4) is 0 Å². The predicted molar refractivity (Wildman–Crippen MR) is 78.2 cm³/mol. The average molecular weight is 272 g/mol. The highest BCUT2D eigenvalue weighted by Crippen LogP contribution is 2.26. The highest BCUT2D eigenvalue weighted by molar-refractivity contribution is 7.18. The fraction of sp³-hybridized carbons (Fsp3) is 0.286. The van der Waals surface area contributed by atoms with Crippen LogP contribution >= 0.6 is 11.3 Å². The molecule has 0 fully saturated rings. The number of hydrogen-bond donors (Lipinski definition) is 2. The molecule has 0 aliphatic carbocycles. The summed E-state index contributed by atoms with van der Waals surface area (Å²) < 4.78 is 1.24. The lowest BCUT2D eigenvalue weighted by molar-refractivity contribution is 0.571. The number of para-hydroxylation sites is 1. The van der Waals surface area contributed by atoms with E-state index >= 15 is 0 Å². The Morgan fingerprint density at radius 3 is 2.95 bits per heavy atom. The SMILES string of the molecule is Cc1[nH]ncc1CNC(C)c1nc2ccccc2s1. The number of rotatable bonds is 4. The van der Waals surface area contributed by atoms with Gasteiger partial charge in [-0.05, 0) is 26.0 Å². The first-order valence-electron chi connectivity index (χ1n) is 6.32. The zero-order chi connectivity index (χ0) is 13.2. The number of benzene rings is 1. The number of fused-ring (bicyclic) bond motifs is 1. The molecule has 0 radical (unpaired) electrons. The molecule has 0 aliphatic heterocycles. The van der Waals surface area contributed by atoms with Gasteiger partial charge in [-0.1, -0.05) is 12.1 Å². The molecule has 0 saturated heterocycles.